The maximum Gasteiger partial charge on any atom is 0.166 e. The molecule has 1 aromatic heterocycles. The van der Waals surface area contributed by atoms with E-state index >= 15 is 0 Å². The van der Waals surface area contributed by atoms with Gasteiger partial charge in [0.15, 0.2) is 5.16 Å². The molecule has 0 unspecified atom stereocenters. The van der Waals surface area contributed by atoms with E-state index in [9.17, 15) is 0 Å². The summed E-state index contributed by atoms with van der Waals surface area (Å²) in [5.74, 6) is 2.13. The molecule has 2 nitrogen and oxygen atoms in total. The van der Waals surface area contributed by atoms with Crippen molar-refractivity contribution in [3.05, 3.63) is 23.8 Å². The Morgan fingerprint density at radius 1 is 1.29 bits per heavy atom. The zero-order valence-corrected chi connectivity index (χ0v) is 11.8. The molecule has 92 valence electrons. The predicted octanol–water partition coefficient (Wildman–Crippen LogP) is 4.06. The monoisotopic (exact) mass is 266 g/mol. The summed E-state index contributed by atoms with van der Waals surface area (Å²) in [5, 5.41) is 1.04. The molecule has 1 aromatic carbocycles. The number of nitrogens with zero attached hydrogens (tertiary/aromatic N) is 1. The molecule has 0 spiro atoms. The smallest absolute Gasteiger partial charge is 0.166 e. The zero-order valence-electron chi connectivity index (χ0n) is 10.1. The van der Waals surface area contributed by atoms with Crippen LogP contribution in [-0.4, -0.2) is 21.5 Å². The van der Waals surface area contributed by atoms with Crippen molar-refractivity contribution in [3.63, 3.8) is 0 Å². The molecule has 4 heteroatoms. The van der Waals surface area contributed by atoms with Crippen LogP contribution >= 0.6 is 24.4 Å². The van der Waals surface area contributed by atoms with Gasteiger partial charge in [0.1, 0.15) is 0 Å². The van der Waals surface area contributed by atoms with Crippen LogP contribution in [0, 0.1) is 6.92 Å². The fraction of sp³-hybridized carbons (Fsp3) is 0.462. The lowest BCUT2D eigenvalue weighted by atomic mass is 10.2. The number of thioether (sulfide) groups is 1. The van der Waals surface area contributed by atoms with Crippen molar-refractivity contribution in [2.24, 2.45) is 0 Å². The standard InChI is InChI=1S/C13H18N2S2/c1-10-5-6-11-12(9-10)15-13(14-11)17-8-4-2-3-7-16/h5-6,9,16H,2-4,7-8H2,1H3,(H,14,15). The predicted molar refractivity (Wildman–Crippen MR) is 79.3 cm³/mol. The number of aromatic amines is 1. The largest absolute Gasteiger partial charge is 0.333 e. The number of rotatable bonds is 6. The van der Waals surface area contributed by atoms with Crippen LogP contribution in [0.5, 0.6) is 0 Å². The van der Waals surface area contributed by atoms with E-state index in [1.165, 1.54) is 24.8 Å². The molecule has 0 aliphatic carbocycles. The average molecular weight is 266 g/mol. The lowest BCUT2D eigenvalue weighted by molar-refractivity contribution is 0.786. The van der Waals surface area contributed by atoms with Gasteiger partial charge in [0, 0.05) is 5.75 Å². The van der Waals surface area contributed by atoms with E-state index in [1.54, 1.807) is 0 Å². The van der Waals surface area contributed by atoms with Crippen molar-refractivity contribution in [1.29, 1.82) is 0 Å². The summed E-state index contributed by atoms with van der Waals surface area (Å²) in [6, 6.07) is 6.32. The van der Waals surface area contributed by atoms with E-state index in [-0.39, 0.29) is 0 Å². The summed E-state index contributed by atoms with van der Waals surface area (Å²) in [6.07, 6.45) is 3.71. The molecule has 0 saturated heterocycles. The fourth-order valence-corrected chi connectivity index (χ4v) is 2.84. The van der Waals surface area contributed by atoms with Gasteiger partial charge >= 0.3 is 0 Å². The van der Waals surface area contributed by atoms with Crippen LogP contribution in [0.25, 0.3) is 11.0 Å². The summed E-state index contributed by atoms with van der Waals surface area (Å²) >= 11 is 6.02. The summed E-state index contributed by atoms with van der Waals surface area (Å²) in [5.41, 5.74) is 3.47. The number of benzene rings is 1. The van der Waals surface area contributed by atoms with Gasteiger partial charge in [-0.25, -0.2) is 4.98 Å². The number of thiol groups is 1. The number of hydrogen-bond acceptors (Lipinski definition) is 3. The first kappa shape index (κ1) is 12.8. The van der Waals surface area contributed by atoms with Gasteiger partial charge in [-0.3, -0.25) is 0 Å². The summed E-state index contributed by atoms with van der Waals surface area (Å²) in [7, 11) is 0. The highest BCUT2D eigenvalue weighted by Gasteiger charge is 2.02. The SMILES string of the molecule is Cc1ccc2nc(SCCCCCS)[nH]c2c1. The summed E-state index contributed by atoms with van der Waals surface area (Å²) in [4.78, 5) is 7.93. The summed E-state index contributed by atoms with van der Waals surface area (Å²) in [6.45, 7) is 2.10. The molecular weight excluding hydrogens is 248 g/mol. The quantitative estimate of drug-likeness (QED) is 0.469. The Morgan fingerprint density at radius 2 is 2.18 bits per heavy atom. The lowest BCUT2D eigenvalue weighted by Gasteiger charge is -1.96. The number of H-pyrrole nitrogens is 1. The number of unbranched alkanes of at least 4 members (excludes halogenated alkanes) is 2. The molecule has 17 heavy (non-hydrogen) atoms. The van der Waals surface area contributed by atoms with Crippen LogP contribution in [0.1, 0.15) is 24.8 Å². The Bertz CT molecular complexity index is 479. The first-order chi connectivity index (χ1) is 8.29. The Balaban J connectivity index is 1.91. The zero-order chi connectivity index (χ0) is 12.1. The van der Waals surface area contributed by atoms with E-state index in [0.717, 1.165) is 27.7 Å². The number of imidazole rings is 1. The maximum absolute atomic E-state index is 4.56. The summed E-state index contributed by atoms with van der Waals surface area (Å²) < 4.78 is 0. The molecule has 2 aromatic rings. The molecule has 2 rings (SSSR count). The van der Waals surface area contributed by atoms with Crippen molar-refractivity contribution in [2.45, 2.75) is 31.3 Å². The highest BCUT2D eigenvalue weighted by molar-refractivity contribution is 7.99. The van der Waals surface area contributed by atoms with Crippen molar-refractivity contribution < 1.29 is 0 Å². The molecule has 0 fully saturated rings. The molecule has 0 aliphatic rings. The van der Waals surface area contributed by atoms with Crippen molar-refractivity contribution in [2.75, 3.05) is 11.5 Å². The third-order valence-corrected chi connectivity index (χ3v) is 3.93. The van der Waals surface area contributed by atoms with Crippen LogP contribution < -0.4 is 0 Å². The van der Waals surface area contributed by atoms with Crippen LogP contribution in [0.2, 0.25) is 0 Å². The molecule has 1 heterocycles. The first-order valence-electron chi connectivity index (χ1n) is 5.99. The Hall–Kier alpha value is -0.610. The van der Waals surface area contributed by atoms with Crippen LogP contribution in [0.3, 0.4) is 0 Å². The van der Waals surface area contributed by atoms with Crippen molar-refractivity contribution in [1.82, 2.24) is 9.97 Å². The average Bonchev–Trinajstić information content (AvgIpc) is 2.70. The minimum Gasteiger partial charge on any atom is -0.333 e. The van der Waals surface area contributed by atoms with Gasteiger partial charge in [-0.05, 0) is 43.2 Å². The molecule has 0 amide bonds. The Kier molecular flexibility index (Phi) is 4.80. The van der Waals surface area contributed by atoms with E-state index < -0.39 is 0 Å². The number of nitrogens with one attached hydrogen (secondary N) is 1. The van der Waals surface area contributed by atoms with E-state index in [2.05, 4.69) is 47.7 Å². The van der Waals surface area contributed by atoms with Crippen molar-refractivity contribution >= 4 is 35.4 Å². The number of aromatic nitrogens is 2. The minimum atomic E-state index is 0.995. The topological polar surface area (TPSA) is 28.7 Å². The van der Waals surface area contributed by atoms with Crippen molar-refractivity contribution in [3.8, 4) is 0 Å². The number of fused-ring (bicyclic) bond motifs is 1. The second kappa shape index (κ2) is 6.36. The van der Waals surface area contributed by atoms with Gasteiger partial charge in [-0.2, -0.15) is 12.6 Å². The van der Waals surface area contributed by atoms with Gasteiger partial charge < -0.3 is 4.98 Å². The third-order valence-electron chi connectivity index (χ3n) is 2.66. The van der Waals surface area contributed by atoms with Gasteiger partial charge in [0.05, 0.1) is 11.0 Å². The highest BCUT2D eigenvalue weighted by Crippen LogP contribution is 2.21. The second-order valence-corrected chi connectivity index (χ2v) is 5.73. The molecule has 0 aliphatic heterocycles. The normalized spacial score (nSPS) is 11.2. The van der Waals surface area contributed by atoms with E-state index in [0.29, 0.717) is 0 Å². The molecular formula is C13H18N2S2. The molecule has 0 atom stereocenters. The first-order valence-corrected chi connectivity index (χ1v) is 7.61. The number of hydrogen-bond donors (Lipinski definition) is 2. The van der Waals surface area contributed by atoms with E-state index in [1.807, 2.05) is 11.8 Å². The van der Waals surface area contributed by atoms with E-state index in [4.69, 9.17) is 0 Å². The minimum absolute atomic E-state index is 0.995. The fourth-order valence-electron chi connectivity index (χ4n) is 1.73. The third kappa shape index (κ3) is 3.68. The van der Waals surface area contributed by atoms with Gasteiger partial charge in [0.2, 0.25) is 0 Å². The number of aryl methyl sites for hydroxylation is 1. The van der Waals surface area contributed by atoms with Crippen LogP contribution in [-0.2, 0) is 0 Å². The van der Waals surface area contributed by atoms with Crippen LogP contribution in [0.4, 0.5) is 0 Å². The Labute approximate surface area is 112 Å². The van der Waals surface area contributed by atoms with Crippen LogP contribution in [0.15, 0.2) is 23.4 Å². The van der Waals surface area contributed by atoms with Gasteiger partial charge in [-0.15, -0.1) is 0 Å². The molecule has 1 N–H and O–H groups in total. The molecule has 0 bridgehead atoms. The maximum atomic E-state index is 4.56. The lowest BCUT2D eigenvalue weighted by Crippen LogP contribution is -1.83. The second-order valence-electron chi connectivity index (χ2n) is 4.20. The highest BCUT2D eigenvalue weighted by atomic mass is 32.2. The Morgan fingerprint density at radius 3 is 3.00 bits per heavy atom. The van der Waals surface area contributed by atoms with Gasteiger partial charge in [-0.1, -0.05) is 24.2 Å². The molecule has 0 saturated carbocycles. The van der Waals surface area contributed by atoms with Gasteiger partial charge in [0.25, 0.3) is 0 Å². The molecule has 0 radical (unpaired) electrons.